The highest BCUT2D eigenvalue weighted by atomic mass is 32.2. The van der Waals surface area contributed by atoms with Crippen molar-refractivity contribution >= 4 is 10.9 Å². The van der Waals surface area contributed by atoms with Crippen molar-refractivity contribution in [3.05, 3.63) is 78.9 Å². The third kappa shape index (κ3) is 5.23. The third-order valence-corrected chi connectivity index (χ3v) is 8.03. The van der Waals surface area contributed by atoms with Gasteiger partial charge in [0, 0.05) is 6.07 Å². The Bertz CT molecular complexity index is 977. The monoisotopic (exact) mass is 459 g/mol. The van der Waals surface area contributed by atoms with Crippen molar-refractivity contribution < 1.29 is 22.6 Å². The van der Waals surface area contributed by atoms with E-state index in [1.54, 1.807) is 12.1 Å². The Morgan fingerprint density at radius 1 is 0.781 bits per heavy atom. The summed E-state index contributed by atoms with van der Waals surface area (Å²) in [6.45, 7) is 2.03. The van der Waals surface area contributed by atoms with E-state index < -0.39 is 22.9 Å². The molecule has 0 radical (unpaired) electrons. The molecule has 1 aliphatic carbocycles. The predicted octanol–water partition coefficient (Wildman–Crippen LogP) is 7.78. The van der Waals surface area contributed by atoms with Gasteiger partial charge in [0.15, 0.2) is 26.2 Å². The van der Waals surface area contributed by atoms with Gasteiger partial charge in [-0.15, -0.1) is 13.2 Å². The maximum absolute atomic E-state index is 13.1. The van der Waals surface area contributed by atoms with Crippen molar-refractivity contribution in [2.75, 3.05) is 0 Å². The Morgan fingerprint density at radius 2 is 1.34 bits per heavy atom. The summed E-state index contributed by atoms with van der Waals surface area (Å²) in [5.41, 5.74) is -0.444. The molecular formula is C26H26F3O2S+. The van der Waals surface area contributed by atoms with Crippen LogP contribution in [0, 0.1) is 0 Å². The molecule has 0 aliphatic heterocycles. The normalized spacial score (nSPS) is 15.7. The SMILES string of the molecule is CCC1(Oc2cc([S+](c3ccccc3)c3ccccc3)ccc2OC(F)(F)F)CCCC1. The topological polar surface area (TPSA) is 18.5 Å². The molecule has 4 rings (SSSR count). The Kier molecular flexibility index (Phi) is 6.70. The maximum atomic E-state index is 13.1. The van der Waals surface area contributed by atoms with E-state index in [0.29, 0.717) is 0 Å². The number of alkyl halides is 3. The molecule has 0 N–H and O–H groups in total. The van der Waals surface area contributed by atoms with Crippen LogP contribution in [0.15, 0.2) is 93.5 Å². The molecule has 2 nitrogen and oxygen atoms in total. The van der Waals surface area contributed by atoms with Crippen molar-refractivity contribution in [1.82, 2.24) is 0 Å². The predicted molar refractivity (Wildman–Crippen MR) is 120 cm³/mol. The second-order valence-electron chi connectivity index (χ2n) is 7.93. The molecule has 1 saturated carbocycles. The first-order valence-corrected chi connectivity index (χ1v) is 12.0. The first-order chi connectivity index (χ1) is 15.4. The standard InChI is InChI=1S/C26H26F3O2S/c1-2-25(17-9-10-18-25)30-24-19-22(15-16-23(24)31-26(27,28)29)32(20-11-5-3-6-12-20)21-13-7-4-8-14-21/h3-8,11-16,19H,2,9-10,17-18H2,1H3/q+1. The highest BCUT2D eigenvalue weighted by Crippen LogP contribution is 2.43. The lowest BCUT2D eigenvalue weighted by Crippen LogP contribution is -2.32. The average Bonchev–Trinajstić information content (AvgIpc) is 3.25. The quantitative estimate of drug-likeness (QED) is 0.336. The number of hydrogen-bond acceptors (Lipinski definition) is 2. The van der Waals surface area contributed by atoms with Gasteiger partial charge in [0.2, 0.25) is 0 Å². The third-order valence-electron chi connectivity index (χ3n) is 5.82. The van der Waals surface area contributed by atoms with Gasteiger partial charge in [-0.05, 0) is 68.5 Å². The first kappa shape index (κ1) is 22.6. The van der Waals surface area contributed by atoms with Crippen LogP contribution in [0.3, 0.4) is 0 Å². The summed E-state index contributed by atoms with van der Waals surface area (Å²) in [6.07, 6.45) is -0.339. The van der Waals surface area contributed by atoms with E-state index in [4.69, 9.17) is 4.74 Å². The Balaban J connectivity index is 1.80. The zero-order valence-electron chi connectivity index (χ0n) is 17.9. The average molecular weight is 460 g/mol. The van der Waals surface area contributed by atoms with Crippen molar-refractivity contribution in [2.45, 2.75) is 65.7 Å². The zero-order chi connectivity index (χ0) is 22.6. The van der Waals surface area contributed by atoms with Gasteiger partial charge in [0.1, 0.15) is 5.60 Å². The summed E-state index contributed by atoms with van der Waals surface area (Å²) in [7, 11) is -0.492. The van der Waals surface area contributed by atoms with Gasteiger partial charge in [-0.1, -0.05) is 43.3 Å². The van der Waals surface area contributed by atoms with E-state index in [2.05, 4.69) is 4.74 Å². The molecule has 3 aromatic carbocycles. The molecule has 168 valence electrons. The summed E-state index contributed by atoms with van der Waals surface area (Å²) in [4.78, 5) is 3.05. The zero-order valence-corrected chi connectivity index (χ0v) is 18.7. The highest BCUT2D eigenvalue weighted by molar-refractivity contribution is 7.97. The number of benzene rings is 3. The van der Waals surface area contributed by atoms with E-state index in [-0.39, 0.29) is 11.5 Å². The lowest BCUT2D eigenvalue weighted by Gasteiger charge is -2.30. The Morgan fingerprint density at radius 3 is 1.84 bits per heavy atom. The van der Waals surface area contributed by atoms with Crippen LogP contribution in [-0.2, 0) is 10.9 Å². The van der Waals surface area contributed by atoms with E-state index in [9.17, 15) is 13.2 Å². The fourth-order valence-electron chi connectivity index (χ4n) is 4.21. The molecule has 0 unspecified atom stereocenters. The fraction of sp³-hybridized carbons (Fsp3) is 0.308. The summed E-state index contributed by atoms with van der Waals surface area (Å²) in [5.74, 6) is -0.126. The molecule has 0 bridgehead atoms. The van der Waals surface area contributed by atoms with Gasteiger partial charge >= 0.3 is 6.36 Å². The van der Waals surface area contributed by atoms with E-state index in [1.807, 2.05) is 67.6 Å². The summed E-state index contributed by atoms with van der Waals surface area (Å²) < 4.78 is 50.1. The van der Waals surface area contributed by atoms with Crippen molar-refractivity contribution in [1.29, 1.82) is 0 Å². The van der Waals surface area contributed by atoms with Gasteiger partial charge in [-0.25, -0.2) is 0 Å². The first-order valence-electron chi connectivity index (χ1n) is 10.8. The van der Waals surface area contributed by atoms with Crippen LogP contribution in [-0.4, -0.2) is 12.0 Å². The molecule has 0 amide bonds. The molecule has 1 fully saturated rings. The number of hydrogen-bond donors (Lipinski definition) is 0. The number of halogens is 3. The van der Waals surface area contributed by atoms with Gasteiger partial charge in [0.25, 0.3) is 0 Å². The van der Waals surface area contributed by atoms with Crippen LogP contribution in [0.2, 0.25) is 0 Å². The van der Waals surface area contributed by atoms with Crippen LogP contribution in [0.25, 0.3) is 0 Å². The van der Waals surface area contributed by atoms with Crippen LogP contribution in [0.5, 0.6) is 11.5 Å². The minimum atomic E-state index is -4.78. The van der Waals surface area contributed by atoms with Gasteiger partial charge < -0.3 is 9.47 Å². The van der Waals surface area contributed by atoms with Crippen LogP contribution in [0.4, 0.5) is 13.2 Å². The van der Waals surface area contributed by atoms with Crippen LogP contribution < -0.4 is 9.47 Å². The maximum Gasteiger partial charge on any atom is 0.573 e. The minimum Gasteiger partial charge on any atom is -0.483 e. The molecule has 3 aromatic rings. The summed E-state index contributed by atoms with van der Waals surface area (Å²) >= 11 is 0. The van der Waals surface area contributed by atoms with E-state index in [1.165, 1.54) is 6.07 Å². The van der Waals surface area contributed by atoms with E-state index >= 15 is 0 Å². The molecule has 0 aromatic heterocycles. The molecule has 0 atom stereocenters. The lowest BCUT2D eigenvalue weighted by molar-refractivity contribution is -0.275. The molecule has 1 aliphatic rings. The van der Waals surface area contributed by atoms with E-state index in [0.717, 1.165) is 46.8 Å². The fourth-order valence-corrected chi connectivity index (χ4v) is 6.31. The Labute approximate surface area is 189 Å². The molecule has 0 saturated heterocycles. The summed E-state index contributed by atoms with van der Waals surface area (Å²) in [6, 6.07) is 24.8. The summed E-state index contributed by atoms with van der Waals surface area (Å²) in [5, 5.41) is 0. The minimum absolute atomic E-state index is 0.160. The molecule has 6 heteroatoms. The highest BCUT2D eigenvalue weighted by Gasteiger charge is 2.39. The second kappa shape index (κ2) is 9.49. The Hall–Kier alpha value is -2.60. The molecular weight excluding hydrogens is 433 g/mol. The van der Waals surface area contributed by atoms with Crippen molar-refractivity contribution in [3.63, 3.8) is 0 Å². The molecule has 0 heterocycles. The number of ether oxygens (including phenoxy) is 2. The van der Waals surface area contributed by atoms with Crippen LogP contribution >= 0.6 is 0 Å². The van der Waals surface area contributed by atoms with Crippen molar-refractivity contribution in [2.24, 2.45) is 0 Å². The second-order valence-corrected chi connectivity index (χ2v) is 9.96. The smallest absolute Gasteiger partial charge is 0.483 e. The largest absolute Gasteiger partial charge is 0.573 e. The lowest BCUT2D eigenvalue weighted by atomic mass is 9.99. The number of rotatable bonds is 7. The van der Waals surface area contributed by atoms with Crippen LogP contribution in [0.1, 0.15) is 39.0 Å². The van der Waals surface area contributed by atoms with Crippen molar-refractivity contribution in [3.8, 4) is 11.5 Å². The van der Waals surface area contributed by atoms with Gasteiger partial charge in [-0.3, -0.25) is 0 Å². The van der Waals surface area contributed by atoms with Gasteiger partial charge in [0.05, 0.1) is 10.9 Å². The molecule has 0 spiro atoms. The molecule has 32 heavy (non-hydrogen) atoms. The van der Waals surface area contributed by atoms with Gasteiger partial charge in [-0.2, -0.15) is 0 Å².